The topological polar surface area (TPSA) is 26.3 Å². The number of hydrogen-bond donors (Lipinski definition) is 0. The number of rotatable bonds is 7. The predicted molar refractivity (Wildman–Crippen MR) is 149 cm³/mol. The summed E-state index contributed by atoms with van der Waals surface area (Å²) in [7, 11) is 0. The summed E-state index contributed by atoms with van der Waals surface area (Å²) in [5.41, 5.74) is 4.80. The lowest BCUT2D eigenvalue weighted by Crippen LogP contribution is -2.48. The summed E-state index contributed by atoms with van der Waals surface area (Å²) < 4.78 is 6.01. The van der Waals surface area contributed by atoms with Crippen LogP contribution in [0.25, 0.3) is 0 Å². The van der Waals surface area contributed by atoms with Crippen LogP contribution in [0.2, 0.25) is 0 Å². The normalized spacial score (nSPS) is 36.3. The third-order valence-electron chi connectivity index (χ3n) is 11.0. The summed E-state index contributed by atoms with van der Waals surface area (Å²) in [4.78, 5) is 12.7. The first-order valence-electron chi connectivity index (χ1n) is 14.9. The highest BCUT2D eigenvalue weighted by Crippen LogP contribution is 2.65. The second-order valence-electron chi connectivity index (χ2n) is 13.5. The van der Waals surface area contributed by atoms with Crippen molar-refractivity contribution >= 4 is 5.97 Å². The van der Waals surface area contributed by atoms with Crippen LogP contribution in [0.4, 0.5) is 0 Å². The SMILES string of the molecule is CC(C)CCC[C@@H](C)[C@H]1CC=C2C3=CC[C@H]4C[C@@H](OC(=O)c5ccccc5)CC[C@]4(C)[C@@H]3CC[C@@]21C. The van der Waals surface area contributed by atoms with E-state index in [0.717, 1.165) is 37.0 Å². The van der Waals surface area contributed by atoms with Crippen molar-refractivity contribution in [3.63, 3.8) is 0 Å². The van der Waals surface area contributed by atoms with Gasteiger partial charge >= 0.3 is 5.97 Å². The van der Waals surface area contributed by atoms with E-state index in [1.165, 1.54) is 44.9 Å². The fourth-order valence-electron chi connectivity index (χ4n) is 8.71. The van der Waals surface area contributed by atoms with Crippen molar-refractivity contribution in [3.8, 4) is 0 Å². The number of carbonyl (C=O) groups is 1. The summed E-state index contributed by atoms with van der Waals surface area (Å²) in [6.45, 7) is 12.4. The smallest absolute Gasteiger partial charge is 0.338 e. The van der Waals surface area contributed by atoms with Gasteiger partial charge in [-0.2, -0.15) is 0 Å². The van der Waals surface area contributed by atoms with Crippen molar-refractivity contribution in [2.24, 2.45) is 40.4 Å². The van der Waals surface area contributed by atoms with Gasteiger partial charge in [0.25, 0.3) is 0 Å². The number of hydrogen-bond acceptors (Lipinski definition) is 2. The van der Waals surface area contributed by atoms with Gasteiger partial charge in [-0.15, -0.1) is 0 Å². The average Bonchev–Trinajstić information content (AvgIpc) is 3.22. The second kappa shape index (κ2) is 10.1. The first-order chi connectivity index (χ1) is 17.2. The molecule has 2 heteroatoms. The van der Waals surface area contributed by atoms with Crippen molar-refractivity contribution < 1.29 is 9.53 Å². The summed E-state index contributed by atoms with van der Waals surface area (Å²) in [5.74, 6) is 3.57. The predicted octanol–water partition coefficient (Wildman–Crippen LogP) is 9.17. The molecule has 7 atom stereocenters. The lowest BCUT2D eigenvalue weighted by atomic mass is 9.48. The van der Waals surface area contributed by atoms with Gasteiger partial charge in [-0.05, 0) is 109 Å². The molecule has 4 aliphatic carbocycles. The molecule has 1 aromatic carbocycles. The van der Waals surface area contributed by atoms with Gasteiger partial charge in [0.05, 0.1) is 5.56 Å². The van der Waals surface area contributed by atoms with Gasteiger partial charge in [0, 0.05) is 0 Å². The highest BCUT2D eigenvalue weighted by molar-refractivity contribution is 5.89. The number of ether oxygens (including phenoxy) is 1. The van der Waals surface area contributed by atoms with Crippen LogP contribution in [0, 0.1) is 40.4 Å². The molecule has 0 aliphatic heterocycles. The summed E-state index contributed by atoms with van der Waals surface area (Å²) in [6.07, 6.45) is 17.7. The van der Waals surface area contributed by atoms with Gasteiger partial charge in [0.15, 0.2) is 0 Å². The third-order valence-corrected chi connectivity index (χ3v) is 11.0. The first kappa shape index (κ1) is 25.8. The molecule has 36 heavy (non-hydrogen) atoms. The molecule has 0 unspecified atom stereocenters. The van der Waals surface area contributed by atoms with Gasteiger partial charge in [0.1, 0.15) is 6.10 Å². The van der Waals surface area contributed by atoms with Gasteiger partial charge in [-0.25, -0.2) is 4.79 Å². The molecular weight excluding hydrogens is 440 g/mol. The Hall–Kier alpha value is -1.83. The molecule has 0 saturated heterocycles. The molecule has 0 amide bonds. The lowest BCUT2D eigenvalue weighted by Gasteiger charge is -2.56. The van der Waals surface area contributed by atoms with E-state index in [-0.39, 0.29) is 12.1 Å². The van der Waals surface area contributed by atoms with E-state index in [0.29, 0.717) is 28.2 Å². The number of esters is 1. The molecule has 1 aromatic rings. The van der Waals surface area contributed by atoms with Crippen molar-refractivity contribution in [1.82, 2.24) is 0 Å². The monoisotopic (exact) mass is 488 g/mol. The molecule has 2 fully saturated rings. The van der Waals surface area contributed by atoms with Gasteiger partial charge < -0.3 is 4.74 Å². The standard InChI is InChI=1S/C34H48O2/c1-23(2)10-9-11-24(3)29-16-17-30-28-15-14-26-22-27(36-32(35)25-12-7-6-8-13-25)18-20-33(26,4)31(28)19-21-34(29,30)5/h6-8,12-13,15,17,23-24,26-27,29,31H,9-11,14,16,18-22H2,1-5H3/t24-,26+,27+,29-,31-,33+,34-/m1/s1. The number of fused-ring (bicyclic) bond motifs is 5. The highest BCUT2D eigenvalue weighted by Gasteiger charge is 2.55. The van der Waals surface area contributed by atoms with E-state index < -0.39 is 0 Å². The van der Waals surface area contributed by atoms with E-state index in [2.05, 4.69) is 46.8 Å². The molecule has 0 N–H and O–H groups in total. The molecule has 0 spiro atoms. The summed E-state index contributed by atoms with van der Waals surface area (Å²) >= 11 is 0. The summed E-state index contributed by atoms with van der Waals surface area (Å²) in [6, 6.07) is 9.48. The van der Waals surface area contributed by atoms with Crippen LogP contribution in [-0.2, 0) is 4.74 Å². The minimum Gasteiger partial charge on any atom is -0.459 e. The largest absolute Gasteiger partial charge is 0.459 e. The van der Waals surface area contributed by atoms with Gasteiger partial charge in [-0.1, -0.05) is 84.2 Å². The lowest BCUT2D eigenvalue weighted by molar-refractivity contribution is -0.0409. The summed E-state index contributed by atoms with van der Waals surface area (Å²) in [5, 5.41) is 0. The van der Waals surface area contributed by atoms with E-state index >= 15 is 0 Å². The Kier molecular flexibility index (Phi) is 7.27. The van der Waals surface area contributed by atoms with Crippen LogP contribution in [-0.4, -0.2) is 12.1 Å². The van der Waals surface area contributed by atoms with E-state index in [1.54, 1.807) is 11.1 Å². The zero-order valence-electron chi connectivity index (χ0n) is 23.4. The molecule has 4 aliphatic rings. The molecule has 0 radical (unpaired) electrons. The van der Waals surface area contributed by atoms with E-state index in [1.807, 2.05) is 30.3 Å². The van der Waals surface area contributed by atoms with Crippen molar-refractivity contribution in [1.29, 1.82) is 0 Å². The van der Waals surface area contributed by atoms with Gasteiger partial charge in [-0.3, -0.25) is 0 Å². The van der Waals surface area contributed by atoms with Gasteiger partial charge in [0.2, 0.25) is 0 Å². The van der Waals surface area contributed by atoms with Crippen LogP contribution in [0.1, 0.15) is 109 Å². The van der Waals surface area contributed by atoms with Crippen molar-refractivity contribution in [2.75, 3.05) is 0 Å². The van der Waals surface area contributed by atoms with Crippen LogP contribution < -0.4 is 0 Å². The second-order valence-corrected chi connectivity index (χ2v) is 13.5. The molecule has 196 valence electrons. The van der Waals surface area contributed by atoms with Crippen molar-refractivity contribution in [2.45, 2.75) is 105 Å². The minimum absolute atomic E-state index is 0.0568. The Bertz CT molecular complexity index is 1000. The molecule has 0 bridgehead atoms. The average molecular weight is 489 g/mol. The van der Waals surface area contributed by atoms with E-state index in [4.69, 9.17) is 4.74 Å². The molecule has 0 aromatic heterocycles. The Labute approximate surface area is 220 Å². The maximum absolute atomic E-state index is 12.7. The Morgan fingerprint density at radius 2 is 1.78 bits per heavy atom. The molecular formula is C34H48O2. The third kappa shape index (κ3) is 4.63. The number of benzene rings is 1. The quantitative estimate of drug-likeness (QED) is 0.358. The fraction of sp³-hybridized carbons (Fsp3) is 0.676. The van der Waals surface area contributed by atoms with E-state index in [9.17, 15) is 4.79 Å². The Morgan fingerprint density at radius 1 is 1.00 bits per heavy atom. The molecule has 2 saturated carbocycles. The zero-order valence-corrected chi connectivity index (χ0v) is 23.4. The minimum atomic E-state index is -0.158. The highest BCUT2D eigenvalue weighted by atomic mass is 16.5. The fourth-order valence-corrected chi connectivity index (χ4v) is 8.71. The maximum Gasteiger partial charge on any atom is 0.338 e. The molecule has 2 nitrogen and oxygen atoms in total. The molecule has 5 rings (SSSR count). The van der Waals surface area contributed by atoms with Crippen LogP contribution in [0.3, 0.4) is 0 Å². The Balaban J connectivity index is 1.26. The van der Waals surface area contributed by atoms with Crippen molar-refractivity contribution in [3.05, 3.63) is 59.2 Å². The number of allylic oxidation sites excluding steroid dienone is 4. The van der Waals surface area contributed by atoms with Crippen LogP contribution in [0.15, 0.2) is 53.6 Å². The number of carbonyl (C=O) groups excluding carboxylic acids is 1. The molecule has 0 heterocycles. The Morgan fingerprint density at radius 3 is 2.53 bits per heavy atom. The van der Waals surface area contributed by atoms with Crippen LogP contribution in [0.5, 0.6) is 0 Å². The first-order valence-corrected chi connectivity index (χ1v) is 14.9. The zero-order chi connectivity index (χ0) is 25.5. The maximum atomic E-state index is 12.7. The van der Waals surface area contributed by atoms with Crippen LogP contribution >= 0.6 is 0 Å².